The van der Waals surface area contributed by atoms with Crippen LogP contribution in [0.15, 0.2) is 35.7 Å². The molecule has 0 atom stereocenters. The van der Waals surface area contributed by atoms with E-state index in [-0.39, 0.29) is 12.5 Å². The molecule has 1 spiro atoms. The number of hydrogen-bond acceptors (Lipinski definition) is 5. The summed E-state index contributed by atoms with van der Waals surface area (Å²) in [5, 5.41) is 7.82. The largest absolute Gasteiger partial charge is 0.325 e. The summed E-state index contributed by atoms with van der Waals surface area (Å²) in [7, 11) is 0. The number of carbonyl (C=O) groups is 3. The van der Waals surface area contributed by atoms with E-state index in [9.17, 15) is 14.4 Å². The highest BCUT2D eigenvalue weighted by Gasteiger charge is 2.52. The molecule has 2 fully saturated rings. The van der Waals surface area contributed by atoms with Crippen molar-refractivity contribution in [3.63, 3.8) is 0 Å². The van der Waals surface area contributed by atoms with E-state index in [0.717, 1.165) is 29.0 Å². The highest BCUT2D eigenvalue weighted by molar-refractivity contribution is 7.14. The van der Waals surface area contributed by atoms with Crippen LogP contribution in [0.5, 0.6) is 0 Å². The molecule has 1 aromatic carbocycles. The molecule has 7 nitrogen and oxygen atoms in total. The predicted octanol–water partition coefficient (Wildman–Crippen LogP) is 3.25. The third-order valence-corrected chi connectivity index (χ3v) is 6.25. The first-order valence-corrected chi connectivity index (χ1v) is 10.3. The Bertz CT molecular complexity index is 903. The topological polar surface area (TPSA) is 91.4 Å². The third-order valence-electron chi connectivity index (χ3n) is 5.50. The fraction of sp³-hybridized carbons (Fsp3) is 0.400. The molecule has 1 aliphatic carbocycles. The molecule has 0 bridgehead atoms. The molecule has 8 heteroatoms. The van der Waals surface area contributed by atoms with Gasteiger partial charge in [0, 0.05) is 10.9 Å². The van der Waals surface area contributed by atoms with Gasteiger partial charge in [-0.1, -0.05) is 37.3 Å². The molecule has 4 rings (SSSR count). The van der Waals surface area contributed by atoms with Crippen molar-refractivity contribution in [1.82, 2.24) is 15.2 Å². The number of amides is 4. The molecule has 0 radical (unpaired) electrons. The molecule has 2 aromatic rings. The average molecular weight is 398 g/mol. The summed E-state index contributed by atoms with van der Waals surface area (Å²) in [5.74, 6) is -0.168. The number of rotatable bonds is 4. The number of benzene rings is 1. The van der Waals surface area contributed by atoms with Crippen LogP contribution >= 0.6 is 11.3 Å². The zero-order valence-electron chi connectivity index (χ0n) is 15.6. The monoisotopic (exact) mass is 398 g/mol. The average Bonchev–Trinajstić information content (AvgIpc) is 3.24. The molecule has 28 heavy (non-hydrogen) atoms. The molecule has 1 aromatic heterocycles. The first-order chi connectivity index (χ1) is 13.5. The van der Waals surface area contributed by atoms with E-state index in [1.807, 2.05) is 35.7 Å². The summed E-state index contributed by atoms with van der Waals surface area (Å²) in [4.78, 5) is 43.0. The van der Waals surface area contributed by atoms with Gasteiger partial charge >= 0.3 is 6.03 Å². The second-order valence-electron chi connectivity index (χ2n) is 7.54. The van der Waals surface area contributed by atoms with Gasteiger partial charge in [-0.25, -0.2) is 9.78 Å². The van der Waals surface area contributed by atoms with E-state index in [1.54, 1.807) is 0 Å². The van der Waals surface area contributed by atoms with Crippen LogP contribution in [0.2, 0.25) is 0 Å². The van der Waals surface area contributed by atoms with Crippen LogP contribution in [0.25, 0.3) is 11.3 Å². The van der Waals surface area contributed by atoms with Crippen molar-refractivity contribution in [3.8, 4) is 11.3 Å². The van der Waals surface area contributed by atoms with Crippen LogP contribution in [-0.4, -0.2) is 39.8 Å². The molecule has 146 valence electrons. The highest BCUT2D eigenvalue weighted by Crippen LogP contribution is 2.36. The van der Waals surface area contributed by atoms with Gasteiger partial charge in [-0.05, 0) is 31.6 Å². The third kappa shape index (κ3) is 3.52. The minimum Gasteiger partial charge on any atom is -0.323 e. The number of hydrogen-bond donors (Lipinski definition) is 2. The molecule has 4 amide bonds. The summed E-state index contributed by atoms with van der Waals surface area (Å²) in [6.45, 7) is 1.85. The maximum Gasteiger partial charge on any atom is 0.325 e. The molecule has 1 saturated heterocycles. The number of urea groups is 1. The minimum absolute atomic E-state index is 0.288. The fourth-order valence-electron chi connectivity index (χ4n) is 3.79. The fourth-order valence-corrected chi connectivity index (χ4v) is 4.52. The maximum atomic E-state index is 12.8. The van der Waals surface area contributed by atoms with Gasteiger partial charge in [0.25, 0.3) is 5.91 Å². The van der Waals surface area contributed by atoms with Gasteiger partial charge in [0.15, 0.2) is 5.13 Å². The van der Waals surface area contributed by atoms with Crippen molar-refractivity contribution < 1.29 is 14.4 Å². The smallest absolute Gasteiger partial charge is 0.323 e. The normalized spacial score (nSPS) is 24.5. The SMILES string of the molecule is CC1CCC2(CC1)NC(=O)N(CC(=O)Nc1nc(-c3ccccc3)cs1)C2=O. The van der Waals surface area contributed by atoms with Gasteiger partial charge in [-0.3, -0.25) is 14.5 Å². The van der Waals surface area contributed by atoms with Crippen molar-refractivity contribution in [2.45, 2.75) is 38.1 Å². The number of nitrogens with zero attached hydrogens (tertiary/aromatic N) is 2. The lowest BCUT2D eigenvalue weighted by molar-refractivity contribution is -0.135. The quantitative estimate of drug-likeness (QED) is 0.774. The number of nitrogens with one attached hydrogen (secondary N) is 2. The lowest BCUT2D eigenvalue weighted by Crippen LogP contribution is -2.49. The summed E-state index contributed by atoms with van der Waals surface area (Å²) >= 11 is 1.31. The van der Waals surface area contributed by atoms with Gasteiger partial charge in [-0.15, -0.1) is 11.3 Å². The van der Waals surface area contributed by atoms with Crippen molar-refractivity contribution in [1.29, 1.82) is 0 Å². The minimum atomic E-state index is -0.828. The molecule has 2 N–H and O–H groups in total. The van der Waals surface area contributed by atoms with Crippen LogP contribution in [0.1, 0.15) is 32.6 Å². The van der Waals surface area contributed by atoms with Crippen LogP contribution < -0.4 is 10.6 Å². The van der Waals surface area contributed by atoms with E-state index in [1.165, 1.54) is 11.3 Å². The Labute approximate surface area is 167 Å². The lowest BCUT2D eigenvalue weighted by atomic mass is 9.77. The number of anilines is 1. The van der Waals surface area contributed by atoms with Gasteiger partial charge in [0.2, 0.25) is 5.91 Å². The Morgan fingerprint density at radius 2 is 2.00 bits per heavy atom. The first-order valence-electron chi connectivity index (χ1n) is 9.42. The van der Waals surface area contributed by atoms with E-state index in [2.05, 4.69) is 22.5 Å². The van der Waals surface area contributed by atoms with E-state index < -0.39 is 17.5 Å². The standard InChI is InChI=1S/C20H22N4O3S/c1-13-7-9-20(10-8-13)17(26)24(19(27)23-20)11-16(25)22-18-21-15(12-28-18)14-5-3-2-4-6-14/h2-6,12-13H,7-11H2,1H3,(H,23,27)(H,21,22,25). The van der Waals surface area contributed by atoms with Crippen LogP contribution in [0.3, 0.4) is 0 Å². The number of imide groups is 1. The Morgan fingerprint density at radius 3 is 2.71 bits per heavy atom. The van der Waals surface area contributed by atoms with Gasteiger partial charge in [-0.2, -0.15) is 0 Å². The van der Waals surface area contributed by atoms with E-state index in [0.29, 0.717) is 23.9 Å². The number of carbonyl (C=O) groups excluding carboxylic acids is 3. The Kier molecular flexibility index (Phi) is 4.89. The second kappa shape index (κ2) is 7.35. The summed E-state index contributed by atoms with van der Waals surface area (Å²) < 4.78 is 0. The Morgan fingerprint density at radius 1 is 1.29 bits per heavy atom. The number of aromatic nitrogens is 1. The van der Waals surface area contributed by atoms with Crippen molar-refractivity contribution in [2.24, 2.45) is 5.92 Å². The second-order valence-corrected chi connectivity index (χ2v) is 8.40. The summed E-state index contributed by atoms with van der Waals surface area (Å²) in [6, 6.07) is 9.17. The van der Waals surface area contributed by atoms with Crippen molar-refractivity contribution >= 4 is 34.3 Å². The molecule has 2 aliphatic rings. The summed E-state index contributed by atoms with van der Waals surface area (Å²) in [5.41, 5.74) is 0.902. The maximum absolute atomic E-state index is 12.8. The Balaban J connectivity index is 1.40. The van der Waals surface area contributed by atoms with Gasteiger partial charge in [0.05, 0.1) is 5.69 Å². The van der Waals surface area contributed by atoms with Crippen molar-refractivity contribution in [3.05, 3.63) is 35.7 Å². The van der Waals surface area contributed by atoms with Gasteiger partial charge in [0.1, 0.15) is 12.1 Å². The summed E-state index contributed by atoms with van der Waals surface area (Å²) in [6.07, 6.45) is 3.05. The zero-order valence-corrected chi connectivity index (χ0v) is 16.4. The molecular formula is C20H22N4O3S. The molecular weight excluding hydrogens is 376 g/mol. The lowest BCUT2D eigenvalue weighted by Gasteiger charge is -2.33. The van der Waals surface area contributed by atoms with Gasteiger partial charge < -0.3 is 10.6 Å². The van der Waals surface area contributed by atoms with Crippen molar-refractivity contribution in [2.75, 3.05) is 11.9 Å². The highest BCUT2D eigenvalue weighted by atomic mass is 32.1. The Hall–Kier alpha value is -2.74. The number of thiazole rings is 1. The van der Waals surface area contributed by atoms with Crippen LogP contribution in [0.4, 0.5) is 9.93 Å². The van der Waals surface area contributed by atoms with Crippen LogP contribution in [-0.2, 0) is 9.59 Å². The van der Waals surface area contributed by atoms with Crippen LogP contribution in [0, 0.1) is 5.92 Å². The molecule has 0 unspecified atom stereocenters. The van der Waals surface area contributed by atoms with E-state index in [4.69, 9.17) is 0 Å². The predicted molar refractivity (Wildman–Crippen MR) is 107 cm³/mol. The van der Waals surface area contributed by atoms with E-state index >= 15 is 0 Å². The zero-order chi connectivity index (χ0) is 19.7. The molecule has 1 saturated carbocycles. The molecule has 2 heterocycles. The molecule has 1 aliphatic heterocycles. The first kappa shape index (κ1) is 18.6.